The lowest BCUT2D eigenvalue weighted by atomic mass is 9.99. The van der Waals surface area contributed by atoms with Crippen LogP contribution in [0.1, 0.15) is 0 Å². The summed E-state index contributed by atoms with van der Waals surface area (Å²) in [7, 11) is 0. The van der Waals surface area contributed by atoms with E-state index in [-0.39, 0.29) is 0 Å². The van der Waals surface area contributed by atoms with E-state index < -0.39 is 0 Å². The number of furan rings is 1. The highest BCUT2D eigenvalue weighted by molar-refractivity contribution is 7.25. The van der Waals surface area contributed by atoms with Crippen LogP contribution in [-0.4, -0.2) is 15.0 Å². The lowest BCUT2D eigenvalue weighted by Gasteiger charge is -2.10. The van der Waals surface area contributed by atoms with E-state index in [4.69, 9.17) is 19.4 Å². The number of benzene rings is 7. The molecule has 0 fully saturated rings. The van der Waals surface area contributed by atoms with Gasteiger partial charge in [0.15, 0.2) is 17.5 Å². The minimum Gasteiger partial charge on any atom is -0.456 e. The van der Waals surface area contributed by atoms with Crippen molar-refractivity contribution in [3.63, 3.8) is 0 Å². The van der Waals surface area contributed by atoms with Crippen LogP contribution in [0, 0.1) is 0 Å². The second-order valence-corrected chi connectivity index (χ2v) is 13.4. The van der Waals surface area contributed by atoms with Gasteiger partial charge < -0.3 is 4.42 Å². The van der Waals surface area contributed by atoms with Gasteiger partial charge in [-0.25, -0.2) is 15.0 Å². The first kappa shape index (κ1) is 26.0. The van der Waals surface area contributed by atoms with E-state index in [1.807, 2.05) is 30.3 Å². The molecule has 10 aromatic rings. The monoisotopic (exact) mass is 629 g/mol. The lowest BCUT2D eigenvalue weighted by Crippen LogP contribution is -2.00. The van der Waals surface area contributed by atoms with Gasteiger partial charge >= 0.3 is 0 Å². The molecule has 0 aliphatic heterocycles. The summed E-state index contributed by atoms with van der Waals surface area (Å²) in [6.45, 7) is 0. The van der Waals surface area contributed by atoms with Gasteiger partial charge in [-0.1, -0.05) is 109 Å². The Balaban J connectivity index is 1.19. The molecule has 0 spiro atoms. The third-order valence-corrected chi connectivity index (χ3v) is 10.8. The first-order valence-corrected chi connectivity index (χ1v) is 16.8. The molecular formula is C43H23N3OS. The third-order valence-electron chi connectivity index (χ3n) is 9.67. The average molecular weight is 630 g/mol. The van der Waals surface area contributed by atoms with Gasteiger partial charge in [0, 0.05) is 47.6 Å². The number of thiophene rings is 1. The van der Waals surface area contributed by atoms with Crippen molar-refractivity contribution in [3.8, 4) is 56.4 Å². The summed E-state index contributed by atoms with van der Waals surface area (Å²) in [5, 5.41) is 7.00. The predicted octanol–water partition coefficient (Wildman–Crippen LogP) is 11.9. The fourth-order valence-corrected chi connectivity index (χ4v) is 8.72. The molecule has 4 nitrogen and oxygen atoms in total. The molecule has 0 unspecified atom stereocenters. The van der Waals surface area contributed by atoms with Gasteiger partial charge in [-0.2, -0.15) is 0 Å². The van der Waals surface area contributed by atoms with Crippen molar-refractivity contribution < 1.29 is 4.42 Å². The molecule has 3 aromatic heterocycles. The van der Waals surface area contributed by atoms with Crippen LogP contribution in [0.5, 0.6) is 0 Å². The number of hydrogen-bond acceptors (Lipinski definition) is 5. The van der Waals surface area contributed by atoms with E-state index >= 15 is 0 Å². The summed E-state index contributed by atoms with van der Waals surface area (Å²) in [6, 6.07) is 48.9. The highest BCUT2D eigenvalue weighted by Gasteiger charge is 2.25. The number of aromatic nitrogens is 3. The minimum atomic E-state index is 0.620. The Labute approximate surface area is 278 Å². The molecule has 0 saturated carbocycles. The van der Waals surface area contributed by atoms with Crippen molar-refractivity contribution >= 4 is 64.2 Å². The normalized spacial score (nSPS) is 12.2. The fourth-order valence-electron chi connectivity index (χ4n) is 7.59. The van der Waals surface area contributed by atoms with Crippen LogP contribution in [0.2, 0.25) is 0 Å². The Bertz CT molecular complexity index is 2950. The zero-order valence-electron chi connectivity index (χ0n) is 25.4. The molecular weight excluding hydrogens is 607 g/mol. The molecule has 0 atom stereocenters. The van der Waals surface area contributed by atoms with Crippen LogP contribution in [0.25, 0.3) is 109 Å². The number of fused-ring (bicyclic) bond motifs is 9. The van der Waals surface area contributed by atoms with Crippen LogP contribution in [0.15, 0.2) is 144 Å². The molecule has 7 aromatic carbocycles. The van der Waals surface area contributed by atoms with E-state index in [0.717, 1.165) is 38.6 Å². The van der Waals surface area contributed by atoms with Gasteiger partial charge in [0.05, 0.1) is 0 Å². The molecule has 1 aliphatic carbocycles. The van der Waals surface area contributed by atoms with Crippen molar-refractivity contribution in [3.05, 3.63) is 140 Å². The summed E-state index contributed by atoms with van der Waals surface area (Å²) in [4.78, 5) is 15.5. The summed E-state index contributed by atoms with van der Waals surface area (Å²) in [6.07, 6.45) is 0. The molecule has 1 aliphatic rings. The molecule has 0 bridgehead atoms. The summed E-state index contributed by atoms with van der Waals surface area (Å²) >= 11 is 1.80. The summed E-state index contributed by atoms with van der Waals surface area (Å²) in [5.41, 5.74) is 9.48. The average Bonchev–Trinajstić information content (AvgIpc) is 3.81. The standard InChI is InChI=1S/C43H23N3OS/c1-2-10-25(11-3-1)41-44-42(46-43(45-41)30-18-9-21-37-40(30)28-14-4-5-20-36(28)48-37)29-17-8-19-34-39(29)33-22-31-26-15-6-12-24-13-7-16-27(38(24)26)32(31)23-35(33)47-34/h1-23H. The molecule has 0 radical (unpaired) electrons. The maximum atomic E-state index is 6.59. The maximum Gasteiger partial charge on any atom is 0.164 e. The Kier molecular flexibility index (Phi) is 5.23. The first-order valence-electron chi connectivity index (χ1n) is 16.0. The van der Waals surface area contributed by atoms with Crippen molar-refractivity contribution in [2.75, 3.05) is 0 Å². The minimum absolute atomic E-state index is 0.620. The van der Waals surface area contributed by atoms with Crippen molar-refractivity contribution in [1.29, 1.82) is 0 Å². The van der Waals surface area contributed by atoms with Gasteiger partial charge in [0.25, 0.3) is 0 Å². The van der Waals surface area contributed by atoms with E-state index in [1.54, 1.807) is 11.3 Å². The van der Waals surface area contributed by atoms with E-state index in [1.165, 1.54) is 53.2 Å². The van der Waals surface area contributed by atoms with Gasteiger partial charge in [0.2, 0.25) is 0 Å². The van der Waals surface area contributed by atoms with Gasteiger partial charge in [-0.05, 0) is 63.4 Å². The third kappa shape index (κ3) is 3.62. The Morgan fingerprint density at radius 2 is 1.02 bits per heavy atom. The molecule has 5 heteroatoms. The molecule has 48 heavy (non-hydrogen) atoms. The Morgan fingerprint density at radius 1 is 0.396 bits per heavy atom. The van der Waals surface area contributed by atoms with Crippen LogP contribution in [0.4, 0.5) is 0 Å². The predicted molar refractivity (Wildman–Crippen MR) is 198 cm³/mol. The molecule has 222 valence electrons. The maximum absolute atomic E-state index is 6.59. The van der Waals surface area contributed by atoms with Crippen LogP contribution in [0.3, 0.4) is 0 Å². The molecule has 0 saturated heterocycles. The smallest absolute Gasteiger partial charge is 0.164 e. The SMILES string of the molecule is c1ccc(-c2nc(-c3cccc4oc5cc6c(cc5c34)-c3cccc4cccc-6c34)nc(-c3cccc4sc5ccccc5c34)n2)cc1. The lowest BCUT2D eigenvalue weighted by molar-refractivity contribution is 0.669. The number of nitrogens with zero attached hydrogens (tertiary/aromatic N) is 3. The highest BCUT2D eigenvalue weighted by Crippen LogP contribution is 2.50. The second kappa shape index (κ2) is 9.67. The van der Waals surface area contributed by atoms with Crippen LogP contribution < -0.4 is 0 Å². The van der Waals surface area contributed by atoms with E-state index in [9.17, 15) is 0 Å². The van der Waals surface area contributed by atoms with Crippen molar-refractivity contribution in [2.45, 2.75) is 0 Å². The Hall–Kier alpha value is -6.17. The topological polar surface area (TPSA) is 51.8 Å². The number of hydrogen-bond donors (Lipinski definition) is 0. The largest absolute Gasteiger partial charge is 0.456 e. The molecule has 3 heterocycles. The van der Waals surface area contributed by atoms with Gasteiger partial charge in [-0.15, -0.1) is 11.3 Å². The van der Waals surface area contributed by atoms with Crippen molar-refractivity contribution in [1.82, 2.24) is 15.0 Å². The van der Waals surface area contributed by atoms with E-state index in [0.29, 0.717) is 17.5 Å². The van der Waals surface area contributed by atoms with E-state index in [2.05, 4.69) is 109 Å². The number of rotatable bonds is 3. The quantitative estimate of drug-likeness (QED) is 0.195. The second-order valence-electron chi connectivity index (χ2n) is 12.3. The summed E-state index contributed by atoms with van der Waals surface area (Å²) < 4.78 is 9.05. The van der Waals surface area contributed by atoms with Crippen LogP contribution in [-0.2, 0) is 0 Å². The highest BCUT2D eigenvalue weighted by atomic mass is 32.1. The first-order chi connectivity index (χ1) is 23.8. The van der Waals surface area contributed by atoms with Crippen molar-refractivity contribution in [2.24, 2.45) is 0 Å². The molecule has 11 rings (SSSR count). The zero-order chi connectivity index (χ0) is 31.3. The Morgan fingerprint density at radius 3 is 1.83 bits per heavy atom. The summed E-state index contributed by atoms with van der Waals surface area (Å²) in [5.74, 6) is 1.91. The molecule has 0 amide bonds. The van der Waals surface area contributed by atoms with Gasteiger partial charge in [-0.3, -0.25) is 0 Å². The molecule has 0 N–H and O–H groups in total. The van der Waals surface area contributed by atoms with Crippen LogP contribution >= 0.6 is 11.3 Å². The fraction of sp³-hybridized carbons (Fsp3) is 0. The van der Waals surface area contributed by atoms with Gasteiger partial charge in [0.1, 0.15) is 11.2 Å². The zero-order valence-corrected chi connectivity index (χ0v) is 26.3.